The molecule has 0 fully saturated rings. The van der Waals surface area contributed by atoms with Crippen molar-refractivity contribution in [1.82, 2.24) is 0 Å². The zero-order valence-corrected chi connectivity index (χ0v) is 8.13. The first-order valence-electron chi connectivity index (χ1n) is 1.22. The van der Waals surface area contributed by atoms with Gasteiger partial charge in [-0.1, -0.05) is 0 Å². The molecule has 10 heavy (non-hydrogen) atoms. The molecular weight excluding hydrogens is 211 g/mol. The Morgan fingerprint density at radius 1 is 0.800 bits per heavy atom. The molecular formula is CrLiO6Si2. The molecule has 0 saturated carbocycles. The molecule has 0 aromatic rings. The third-order valence-corrected chi connectivity index (χ3v) is 0. The SMILES string of the molecule is O=[Si]([O-])[O-].O=[Si]([O-])[O-].[Cr+3].[Li+]. The third-order valence-electron chi connectivity index (χ3n) is 0. The van der Waals surface area contributed by atoms with Crippen molar-refractivity contribution in [2.24, 2.45) is 0 Å². The zero-order valence-electron chi connectivity index (χ0n) is 4.86. The van der Waals surface area contributed by atoms with Crippen LogP contribution < -0.4 is 38.0 Å². The first-order valence-corrected chi connectivity index (χ1v) is 3.67. The quantitative estimate of drug-likeness (QED) is 0.366. The van der Waals surface area contributed by atoms with Crippen molar-refractivity contribution in [3.63, 3.8) is 0 Å². The fraction of sp³-hybridized carbons (Fsp3) is 0. The predicted octanol–water partition coefficient (Wildman–Crippen LogP) is -8.75. The predicted molar refractivity (Wildman–Crippen MR) is 12.9 cm³/mol. The Labute approximate surface area is 82.6 Å². The second-order valence-corrected chi connectivity index (χ2v) is 1.50. The Hall–Kier alpha value is 0.364. The molecule has 0 N–H and O–H groups in total. The van der Waals surface area contributed by atoms with Gasteiger partial charge in [0.1, 0.15) is 0 Å². The molecule has 10 heteroatoms. The van der Waals surface area contributed by atoms with Crippen LogP contribution in [0.15, 0.2) is 0 Å². The maximum absolute atomic E-state index is 8.52. The summed E-state index contributed by atoms with van der Waals surface area (Å²) in [5.41, 5.74) is 0. The molecule has 0 aliphatic rings. The number of rotatable bonds is 0. The van der Waals surface area contributed by atoms with Crippen molar-refractivity contribution in [2.75, 3.05) is 0 Å². The van der Waals surface area contributed by atoms with Crippen LogP contribution in [0.25, 0.3) is 0 Å². The van der Waals surface area contributed by atoms with Crippen LogP contribution in [0.5, 0.6) is 0 Å². The molecule has 0 aromatic carbocycles. The van der Waals surface area contributed by atoms with E-state index in [1.165, 1.54) is 0 Å². The van der Waals surface area contributed by atoms with E-state index in [0.29, 0.717) is 0 Å². The maximum Gasteiger partial charge on any atom is 3.00 e. The molecule has 0 heterocycles. The van der Waals surface area contributed by atoms with Gasteiger partial charge in [-0.2, -0.15) is 0 Å². The van der Waals surface area contributed by atoms with Crippen LogP contribution in [-0.2, 0) is 26.3 Å². The smallest absolute Gasteiger partial charge is 0.672 e. The van der Waals surface area contributed by atoms with Gasteiger partial charge in [-0.15, -0.1) is 0 Å². The van der Waals surface area contributed by atoms with Gasteiger partial charge in [0.2, 0.25) is 0 Å². The van der Waals surface area contributed by atoms with Gasteiger partial charge in [-0.25, -0.2) is 0 Å². The minimum atomic E-state index is -3.63. The normalized spacial score (nSPS) is 4.80. The van der Waals surface area contributed by atoms with E-state index in [1.807, 2.05) is 0 Å². The largest absolute Gasteiger partial charge is 3.00 e. The third kappa shape index (κ3) is 3430. The second kappa shape index (κ2) is 16.2. The van der Waals surface area contributed by atoms with Gasteiger partial charge >= 0.3 is 36.2 Å². The standard InChI is InChI=1S/Cr.Li.2O3Si/c;;2*1-4(2)3/q+3;+1;2*-2. The summed E-state index contributed by atoms with van der Waals surface area (Å²) >= 11 is 0. The van der Waals surface area contributed by atoms with Gasteiger partial charge in [-0.05, 0) is 0 Å². The summed E-state index contributed by atoms with van der Waals surface area (Å²) in [6.07, 6.45) is 0. The van der Waals surface area contributed by atoms with Crippen molar-refractivity contribution >= 4 is 18.3 Å². The second-order valence-electron chi connectivity index (χ2n) is 0.500. The Kier molecular flexibility index (Phi) is 36.3. The van der Waals surface area contributed by atoms with Crippen molar-refractivity contribution < 1.29 is 64.3 Å². The van der Waals surface area contributed by atoms with Gasteiger partial charge in [0, 0.05) is 18.3 Å². The van der Waals surface area contributed by atoms with Gasteiger partial charge in [0.25, 0.3) is 0 Å². The monoisotopic (exact) mass is 211 g/mol. The summed E-state index contributed by atoms with van der Waals surface area (Å²) in [4.78, 5) is 34.1. The molecule has 51 valence electrons. The topological polar surface area (TPSA) is 126 Å². The Morgan fingerprint density at radius 3 is 0.800 bits per heavy atom. The molecule has 0 saturated heterocycles. The first-order chi connectivity index (χ1) is 3.46. The Bertz CT molecular complexity index is 73.7. The van der Waals surface area contributed by atoms with E-state index >= 15 is 0 Å². The van der Waals surface area contributed by atoms with Crippen LogP contribution in [-0.4, -0.2) is 18.3 Å². The van der Waals surface area contributed by atoms with Crippen molar-refractivity contribution in [1.29, 1.82) is 0 Å². The van der Waals surface area contributed by atoms with Gasteiger partial charge in [0.15, 0.2) is 0 Å². The minimum Gasteiger partial charge on any atom is -0.672 e. The Morgan fingerprint density at radius 2 is 0.800 bits per heavy atom. The molecule has 6 nitrogen and oxygen atoms in total. The molecule has 0 bridgehead atoms. The van der Waals surface area contributed by atoms with Gasteiger partial charge in [0.05, 0.1) is 0 Å². The molecule has 1 radical (unpaired) electrons. The zero-order chi connectivity index (χ0) is 7.15. The summed E-state index contributed by atoms with van der Waals surface area (Å²) in [5, 5.41) is 0. The van der Waals surface area contributed by atoms with Gasteiger partial charge in [-0.3, -0.25) is 0 Å². The number of hydrogen-bond acceptors (Lipinski definition) is 6. The molecule has 0 spiro atoms. The Balaban J connectivity index is -0.0000000300. The minimum absolute atomic E-state index is 0. The van der Waals surface area contributed by atoms with E-state index in [4.69, 9.17) is 28.1 Å². The van der Waals surface area contributed by atoms with Crippen LogP contribution in [0.2, 0.25) is 0 Å². The maximum atomic E-state index is 8.52. The molecule has 0 aliphatic heterocycles. The van der Waals surface area contributed by atoms with Crippen LogP contribution in [0.3, 0.4) is 0 Å². The van der Waals surface area contributed by atoms with Crippen molar-refractivity contribution in [3.8, 4) is 0 Å². The van der Waals surface area contributed by atoms with Crippen molar-refractivity contribution in [3.05, 3.63) is 0 Å². The first kappa shape index (κ1) is 22.4. The average molecular weight is 211 g/mol. The summed E-state index contributed by atoms with van der Waals surface area (Å²) in [6, 6.07) is 0. The molecule has 0 amide bonds. The van der Waals surface area contributed by atoms with E-state index < -0.39 is 18.3 Å². The molecule has 0 atom stereocenters. The van der Waals surface area contributed by atoms with Gasteiger partial charge < -0.3 is 28.1 Å². The molecule has 0 aromatic heterocycles. The van der Waals surface area contributed by atoms with Crippen LogP contribution in [0.1, 0.15) is 0 Å². The van der Waals surface area contributed by atoms with Crippen LogP contribution in [0, 0.1) is 0 Å². The molecule has 0 aliphatic carbocycles. The van der Waals surface area contributed by atoms with E-state index in [-0.39, 0.29) is 36.2 Å². The fourth-order valence-electron chi connectivity index (χ4n) is 0. The summed E-state index contributed by atoms with van der Waals surface area (Å²) in [5.74, 6) is 0. The van der Waals surface area contributed by atoms with E-state index in [9.17, 15) is 0 Å². The average Bonchev–Trinajstić information content (AvgIpc) is 1.25. The van der Waals surface area contributed by atoms with Crippen LogP contribution >= 0.6 is 0 Å². The summed E-state index contributed by atoms with van der Waals surface area (Å²) in [6.45, 7) is 0. The van der Waals surface area contributed by atoms with Crippen molar-refractivity contribution in [2.45, 2.75) is 0 Å². The number of hydrogen-bond donors (Lipinski definition) is 0. The molecule has 0 unspecified atom stereocenters. The summed E-state index contributed by atoms with van der Waals surface area (Å²) < 4.78 is 17.0. The fourth-order valence-corrected chi connectivity index (χ4v) is 0. The van der Waals surface area contributed by atoms with Crippen LogP contribution in [0.4, 0.5) is 0 Å². The summed E-state index contributed by atoms with van der Waals surface area (Å²) in [7, 11) is -7.26. The molecule has 0 rings (SSSR count). The van der Waals surface area contributed by atoms with E-state index in [1.54, 1.807) is 0 Å². The van der Waals surface area contributed by atoms with E-state index in [2.05, 4.69) is 0 Å². The van der Waals surface area contributed by atoms with E-state index in [0.717, 1.165) is 0 Å².